The van der Waals surface area contributed by atoms with Crippen LogP contribution in [0.2, 0.25) is 0 Å². The van der Waals surface area contributed by atoms with E-state index >= 15 is 0 Å². The van der Waals surface area contributed by atoms with Gasteiger partial charge in [-0.3, -0.25) is 4.79 Å². The van der Waals surface area contributed by atoms with Gasteiger partial charge in [-0.2, -0.15) is 0 Å². The Bertz CT molecular complexity index is 347. The van der Waals surface area contributed by atoms with Crippen LogP contribution in [0.15, 0.2) is 0 Å². The highest BCUT2D eigenvalue weighted by atomic mass is 16.4. The number of likely N-dealkylation sites (tertiary alicyclic amines) is 1. The van der Waals surface area contributed by atoms with E-state index in [1.165, 1.54) is 6.92 Å². The zero-order chi connectivity index (χ0) is 15.3. The third-order valence-electron chi connectivity index (χ3n) is 4.05. The Labute approximate surface area is 121 Å². The summed E-state index contributed by atoms with van der Waals surface area (Å²) in [5.74, 6) is -0.413. The second-order valence-corrected chi connectivity index (χ2v) is 6.20. The second-order valence-electron chi connectivity index (χ2n) is 6.20. The number of nitrogens with zero attached hydrogens (tertiary/aromatic N) is 2. The first-order chi connectivity index (χ1) is 9.33. The van der Waals surface area contributed by atoms with E-state index in [2.05, 4.69) is 18.7 Å². The van der Waals surface area contributed by atoms with Crippen molar-refractivity contribution in [2.75, 3.05) is 26.2 Å². The maximum atomic E-state index is 11.9. The van der Waals surface area contributed by atoms with E-state index in [1.807, 2.05) is 6.92 Å². The topological polar surface area (TPSA) is 60.9 Å². The fraction of sp³-hybridized carbons (Fsp3) is 0.867. The molecule has 116 valence electrons. The van der Waals surface area contributed by atoms with E-state index in [0.29, 0.717) is 25.3 Å². The van der Waals surface area contributed by atoms with E-state index in [1.54, 1.807) is 4.90 Å². The van der Waals surface area contributed by atoms with Crippen LogP contribution in [-0.2, 0) is 9.59 Å². The van der Waals surface area contributed by atoms with Crippen LogP contribution in [-0.4, -0.2) is 58.5 Å². The fourth-order valence-electron chi connectivity index (χ4n) is 3.12. The molecule has 0 radical (unpaired) electrons. The molecule has 1 heterocycles. The summed E-state index contributed by atoms with van der Waals surface area (Å²) in [7, 11) is 0. The van der Waals surface area contributed by atoms with Gasteiger partial charge in [-0.15, -0.1) is 0 Å². The van der Waals surface area contributed by atoms with Crippen molar-refractivity contribution in [3.05, 3.63) is 0 Å². The van der Waals surface area contributed by atoms with Gasteiger partial charge in [-0.25, -0.2) is 4.79 Å². The third-order valence-corrected chi connectivity index (χ3v) is 4.05. The Morgan fingerprint density at radius 1 is 1.30 bits per heavy atom. The molecule has 0 aromatic heterocycles. The summed E-state index contributed by atoms with van der Waals surface area (Å²) in [4.78, 5) is 27.5. The molecule has 0 spiro atoms. The Hall–Kier alpha value is -1.10. The number of aliphatic carboxylic acids is 1. The highest BCUT2D eigenvalue weighted by Crippen LogP contribution is 2.30. The molecule has 0 unspecified atom stereocenters. The highest BCUT2D eigenvalue weighted by Gasteiger charge is 2.47. The lowest BCUT2D eigenvalue weighted by atomic mass is 9.85. The molecule has 0 aromatic rings. The molecule has 0 bridgehead atoms. The van der Waals surface area contributed by atoms with Gasteiger partial charge in [0.05, 0.1) is 0 Å². The van der Waals surface area contributed by atoms with E-state index < -0.39 is 11.5 Å². The van der Waals surface area contributed by atoms with Crippen molar-refractivity contribution >= 4 is 11.9 Å². The molecule has 0 saturated carbocycles. The molecule has 1 aliphatic rings. The molecule has 5 nitrogen and oxygen atoms in total. The highest BCUT2D eigenvalue weighted by molar-refractivity contribution is 5.86. The van der Waals surface area contributed by atoms with Crippen LogP contribution < -0.4 is 0 Å². The molecule has 1 saturated heterocycles. The first-order valence-corrected chi connectivity index (χ1v) is 7.57. The van der Waals surface area contributed by atoms with E-state index in [9.17, 15) is 14.7 Å². The lowest BCUT2D eigenvalue weighted by molar-refractivity contribution is -0.162. The number of piperidine rings is 1. The Morgan fingerprint density at radius 3 is 2.20 bits per heavy atom. The molecule has 0 aliphatic carbocycles. The summed E-state index contributed by atoms with van der Waals surface area (Å²) in [5.41, 5.74) is -1.00. The molecular formula is C15H28N2O3. The number of carbonyl (C=O) groups excluding carboxylic acids is 1. The quantitative estimate of drug-likeness (QED) is 0.808. The SMILES string of the molecule is CCCN(C(C)=O)C1(C(=O)O)CCN(CC(C)C)CC1. The van der Waals surface area contributed by atoms with Gasteiger partial charge in [0.1, 0.15) is 5.54 Å². The molecule has 1 amide bonds. The summed E-state index contributed by atoms with van der Waals surface area (Å²) in [6, 6.07) is 0. The minimum absolute atomic E-state index is 0.133. The average Bonchev–Trinajstić information content (AvgIpc) is 2.36. The summed E-state index contributed by atoms with van der Waals surface area (Å²) in [6.45, 7) is 10.8. The Kier molecular flexibility index (Phi) is 5.99. The number of hydrogen-bond acceptors (Lipinski definition) is 3. The van der Waals surface area contributed by atoms with Crippen LogP contribution in [0.5, 0.6) is 0 Å². The van der Waals surface area contributed by atoms with Crippen LogP contribution in [0.1, 0.15) is 47.0 Å². The second kappa shape index (κ2) is 7.07. The van der Waals surface area contributed by atoms with Crippen molar-refractivity contribution in [2.45, 2.75) is 52.5 Å². The smallest absolute Gasteiger partial charge is 0.329 e. The minimum Gasteiger partial charge on any atom is -0.479 e. The monoisotopic (exact) mass is 284 g/mol. The molecule has 1 N–H and O–H groups in total. The van der Waals surface area contributed by atoms with Gasteiger partial charge in [-0.1, -0.05) is 20.8 Å². The molecule has 0 aromatic carbocycles. The standard InChI is InChI=1S/C15H28N2O3/c1-5-8-17(13(4)18)15(14(19)20)6-9-16(10-7-15)11-12(2)3/h12H,5-11H2,1-4H3,(H,19,20). The van der Waals surface area contributed by atoms with Gasteiger partial charge in [0, 0.05) is 33.1 Å². The predicted molar refractivity (Wildman–Crippen MR) is 78.6 cm³/mol. The lowest BCUT2D eigenvalue weighted by Crippen LogP contribution is -2.61. The Balaban J connectivity index is 2.85. The van der Waals surface area contributed by atoms with Crippen molar-refractivity contribution in [1.82, 2.24) is 9.80 Å². The van der Waals surface area contributed by atoms with E-state index in [4.69, 9.17) is 0 Å². The average molecular weight is 284 g/mol. The van der Waals surface area contributed by atoms with Gasteiger partial charge >= 0.3 is 5.97 Å². The minimum atomic E-state index is -1.00. The number of carbonyl (C=O) groups is 2. The van der Waals surface area contributed by atoms with Crippen LogP contribution in [0.4, 0.5) is 0 Å². The first kappa shape index (κ1) is 17.0. The molecule has 0 atom stereocenters. The number of rotatable bonds is 6. The van der Waals surface area contributed by atoms with E-state index in [-0.39, 0.29) is 5.91 Å². The van der Waals surface area contributed by atoms with Gasteiger partial charge in [0.2, 0.25) is 5.91 Å². The fourth-order valence-corrected chi connectivity index (χ4v) is 3.12. The van der Waals surface area contributed by atoms with Gasteiger partial charge < -0.3 is 14.9 Å². The van der Waals surface area contributed by atoms with Crippen molar-refractivity contribution < 1.29 is 14.7 Å². The first-order valence-electron chi connectivity index (χ1n) is 7.57. The maximum Gasteiger partial charge on any atom is 0.329 e. The van der Waals surface area contributed by atoms with Crippen LogP contribution >= 0.6 is 0 Å². The van der Waals surface area contributed by atoms with Crippen molar-refractivity contribution in [2.24, 2.45) is 5.92 Å². The molecule has 1 aliphatic heterocycles. The zero-order valence-corrected chi connectivity index (χ0v) is 13.2. The molecule has 20 heavy (non-hydrogen) atoms. The normalized spacial score (nSPS) is 19.1. The van der Waals surface area contributed by atoms with Gasteiger partial charge in [0.15, 0.2) is 0 Å². The number of hydrogen-bond donors (Lipinski definition) is 1. The lowest BCUT2D eigenvalue weighted by Gasteiger charge is -2.45. The third kappa shape index (κ3) is 3.72. The number of carboxylic acids is 1. The van der Waals surface area contributed by atoms with Gasteiger partial charge in [-0.05, 0) is 25.2 Å². The zero-order valence-electron chi connectivity index (χ0n) is 13.2. The van der Waals surface area contributed by atoms with E-state index in [0.717, 1.165) is 26.1 Å². The molecular weight excluding hydrogens is 256 g/mol. The van der Waals surface area contributed by atoms with Gasteiger partial charge in [0.25, 0.3) is 0 Å². The number of carboxylic acid groups (broad SMARTS) is 1. The maximum absolute atomic E-state index is 11.9. The van der Waals surface area contributed by atoms with Crippen LogP contribution in [0, 0.1) is 5.92 Å². The molecule has 5 heteroatoms. The number of amides is 1. The summed E-state index contributed by atoms with van der Waals surface area (Å²) >= 11 is 0. The molecule has 1 fully saturated rings. The Morgan fingerprint density at radius 2 is 1.85 bits per heavy atom. The van der Waals surface area contributed by atoms with Crippen molar-refractivity contribution in [1.29, 1.82) is 0 Å². The summed E-state index contributed by atoms with van der Waals surface area (Å²) in [5, 5.41) is 9.69. The largest absolute Gasteiger partial charge is 0.479 e. The predicted octanol–water partition coefficient (Wildman–Crippen LogP) is 1.82. The molecule has 1 rings (SSSR count). The van der Waals surface area contributed by atoms with Crippen molar-refractivity contribution in [3.8, 4) is 0 Å². The summed E-state index contributed by atoms with van der Waals surface area (Å²) < 4.78 is 0. The van der Waals surface area contributed by atoms with Crippen molar-refractivity contribution in [3.63, 3.8) is 0 Å². The van der Waals surface area contributed by atoms with Crippen LogP contribution in [0.25, 0.3) is 0 Å². The van der Waals surface area contributed by atoms with Crippen LogP contribution in [0.3, 0.4) is 0 Å². The summed E-state index contributed by atoms with van der Waals surface area (Å²) in [6.07, 6.45) is 1.83.